The summed E-state index contributed by atoms with van der Waals surface area (Å²) in [5.74, 6) is 0.620. The molecule has 2 heterocycles. The zero-order valence-electron chi connectivity index (χ0n) is 13.6. The smallest absolute Gasteiger partial charge is 0.150 e. The molecule has 5 nitrogen and oxygen atoms in total. The van der Waals surface area contributed by atoms with Crippen LogP contribution in [0.25, 0.3) is 5.69 Å². The van der Waals surface area contributed by atoms with E-state index in [1.807, 2.05) is 23.0 Å². The molecule has 3 rings (SSSR count). The van der Waals surface area contributed by atoms with E-state index in [2.05, 4.69) is 42.3 Å². The molecule has 124 valence electrons. The van der Waals surface area contributed by atoms with E-state index in [0.717, 1.165) is 30.6 Å². The van der Waals surface area contributed by atoms with Crippen molar-refractivity contribution in [2.75, 3.05) is 18.6 Å². The Morgan fingerprint density at radius 1 is 1.26 bits per heavy atom. The molecule has 1 aliphatic heterocycles. The lowest BCUT2D eigenvalue weighted by Crippen LogP contribution is -2.38. The van der Waals surface area contributed by atoms with Crippen molar-refractivity contribution in [1.82, 2.24) is 14.7 Å². The Morgan fingerprint density at radius 2 is 1.96 bits per heavy atom. The lowest BCUT2D eigenvalue weighted by Gasteiger charge is -2.30. The van der Waals surface area contributed by atoms with Crippen LogP contribution in [-0.2, 0) is 16.4 Å². The van der Waals surface area contributed by atoms with Crippen LogP contribution in [0, 0.1) is 6.92 Å². The zero-order chi connectivity index (χ0) is 16.4. The van der Waals surface area contributed by atoms with E-state index in [9.17, 15) is 8.42 Å². The van der Waals surface area contributed by atoms with E-state index in [0.29, 0.717) is 17.5 Å². The van der Waals surface area contributed by atoms with E-state index in [-0.39, 0.29) is 0 Å². The molecule has 1 aromatic carbocycles. The number of aromatic nitrogens is 2. The number of benzene rings is 1. The summed E-state index contributed by atoms with van der Waals surface area (Å²) in [5, 5.41) is 4.46. The van der Waals surface area contributed by atoms with Crippen LogP contribution in [0.2, 0.25) is 0 Å². The van der Waals surface area contributed by atoms with E-state index < -0.39 is 9.84 Å². The minimum absolute atomic E-state index is 0.310. The Hall–Kier alpha value is -1.66. The lowest BCUT2D eigenvalue weighted by molar-refractivity contribution is 0.218. The summed E-state index contributed by atoms with van der Waals surface area (Å²) in [7, 11) is -0.739. The SMILES string of the molecule is Cc1ccccc1-n1cc(CN(C)C2CCS(=O)(=O)CC2)cn1. The van der Waals surface area contributed by atoms with Gasteiger partial charge in [0, 0.05) is 24.3 Å². The number of rotatable bonds is 4. The average molecular weight is 333 g/mol. The van der Waals surface area contributed by atoms with Gasteiger partial charge in [0.25, 0.3) is 0 Å². The fourth-order valence-corrected chi connectivity index (χ4v) is 4.60. The molecule has 0 N–H and O–H groups in total. The number of nitrogens with zero attached hydrogens (tertiary/aromatic N) is 3. The Bertz CT molecular complexity index is 769. The van der Waals surface area contributed by atoms with Gasteiger partial charge >= 0.3 is 0 Å². The summed E-state index contributed by atoms with van der Waals surface area (Å²) in [5.41, 5.74) is 3.42. The van der Waals surface area contributed by atoms with Gasteiger partial charge in [-0.3, -0.25) is 4.90 Å². The van der Waals surface area contributed by atoms with Crippen molar-refractivity contribution in [2.24, 2.45) is 0 Å². The maximum absolute atomic E-state index is 11.5. The van der Waals surface area contributed by atoms with Crippen LogP contribution in [0.3, 0.4) is 0 Å². The molecule has 0 saturated carbocycles. The largest absolute Gasteiger partial charge is 0.299 e. The van der Waals surface area contributed by atoms with Crippen LogP contribution in [0.4, 0.5) is 0 Å². The Balaban J connectivity index is 1.66. The van der Waals surface area contributed by atoms with Gasteiger partial charge in [-0.25, -0.2) is 13.1 Å². The maximum atomic E-state index is 11.5. The predicted octanol–water partition coefficient (Wildman–Crippen LogP) is 2.19. The first-order valence-electron chi connectivity index (χ1n) is 7.95. The highest BCUT2D eigenvalue weighted by atomic mass is 32.2. The topological polar surface area (TPSA) is 55.2 Å². The van der Waals surface area contributed by atoms with Gasteiger partial charge in [-0.1, -0.05) is 18.2 Å². The second-order valence-electron chi connectivity index (χ2n) is 6.38. The lowest BCUT2D eigenvalue weighted by atomic mass is 10.1. The fourth-order valence-electron chi connectivity index (χ4n) is 3.13. The predicted molar refractivity (Wildman–Crippen MR) is 91.4 cm³/mol. The molecule has 6 heteroatoms. The molecule has 1 aromatic heterocycles. The van der Waals surface area contributed by atoms with Crippen LogP contribution in [0.1, 0.15) is 24.0 Å². The fraction of sp³-hybridized carbons (Fsp3) is 0.471. The van der Waals surface area contributed by atoms with Gasteiger partial charge in [0.1, 0.15) is 9.84 Å². The van der Waals surface area contributed by atoms with E-state index >= 15 is 0 Å². The molecule has 0 spiro atoms. The highest BCUT2D eigenvalue weighted by Crippen LogP contribution is 2.19. The third-order valence-corrected chi connectivity index (χ3v) is 6.29. The first kappa shape index (κ1) is 16.2. The van der Waals surface area contributed by atoms with Gasteiger partial charge in [-0.2, -0.15) is 5.10 Å². The van der Waals surface area contributed by atoms with Crippen molar-refractivity contribution in [2.45, 2.75) is 32.4 Å². The minimum atomic E-state index is -2.80. The van der Waals surface area contributed by atoms with Gasteiger partial charge < -0.3 is 0 Å². The van der Waals surface area contributed by atoms with Gasteiger partial charge in [-0.15, -0.1) is 0 Å². The molecule has 0 bridgehead atoms. The van der Waals surface area contributed by atoms with E-state index in [4.69, 9.17) is 0 Å². The molecule has 0 atom stereocenters. The summed E-state index contributed by atoms with van der Waals surface area (Å²) < 4.78 is 25.0. The average Bonchev–Trinajstić information content (AvgIpc) is 2.95. The van der Waals surface area contributed by atoms with Crippen LogP contribution in [0.15, 0.2) is 36.7 Å². The molecule has 1 fully saturated rings. The number of para-hydroxylation sites is 1. The summed E-state index contributed by atoms with van der Waals surface area (Å²) in [6.45, 7) is 2.86. The molecule has 0 amide bonds. The van der Waals surface area contributed by atoms with Gasteiger partial charge in [-0.05, 0) is 38.4 Å². The molecule has 1 aliphatic rings. The summed E-state index contributed by atoms with van der Waals surface area (Å²) in [6.07, 6.45) is 5.40. The zero-order valence-corrected chi connectivity index (χ0v) is 14.5. The molecule has 23 heavy (non-hydrogen) atoms. The number of hydrogen-bond donors (Lipinski definition) is 0. The molecular formula is C17H23N3O2S. The van der Waals surface area contributed by atoms with Crippen molar-refractivity contribution >= 4 is 9.84 Å². The van der Waals surface area contributed by atoms with Crippen LogP contribution < -0.4 is 0 Å². The first-order chi connectivity index (χ1) is 10.9. The first-order valence-corrected chi connectivity index (χ1v) is 9.77. The molecule has 0 unspecified atom stereocenters. The van der Waals surface area contributed by atoms with Crippen LogP contribution >= 0.6 is 0 Å². The number of sulfone groups is 1. The minimum Gasteiger partial charge on any atom is -0.299 e. The van der Waals surface area contributed by atoms with Gasteiger partial charge in [0.2, 0.25) is 0 Å². The summed E-state index contributed by atoms with van der Waals surface area (Å²) in [4.78, 5) is 2.24. The van der Waals surface area contributed by atoms with E-state index in [1.165, 1.54) is 5.56 Å². The number of hydrogen-bond acceptors (Lipinski definition) is 4. The Labute approximate surface area is 137 Å². The van der Waals surface area contributed by atoms with Gasteiger partial charge in [0.15, 0.2) is 0 Å². The monoisotopic (exact) mass is 333 g/mol. The number of aryl methyl sites for hydroxylation is 1. The summed E-state index contributed by atoms with van der Waals surface area (Å²) in [6, 6.07) is 8.50. The summed E-state index contributed by atoms with van der Waals surface area (Å²) >= 11 is 0. The second kappa shape index (κ2) is 6.45. The second-order valence-corrected chi connectivity index (χ2v) is 8.68. The highest BCUT2D eigenvalue weighted by Gasteiger charge is 2.26. The molecule has 1 saturated heterocycles. The van der Waals surface area contributed by atoms with Crippen molar-refractivity contribution in [3.63, 3.8) is 0 Å². The Morgan fingerprint density at radius 3 is 2.65 bits per heavy atom. The molecular weight excluding hydrogens is 310 g/mol. The van der Waals surface area contributed by atoms with Gasteiger partial charge in [0.05, 0.1) is 23.4 Å². The molecule has 0 radical (unpaired) electrons. The Kier molecular flexibility index (Phi) is 4.55. The molecule has 2 aromatic rings. The third-order valence-electron chi connectivity index (χ3n) is 4.58. The van der Waals surface area contributed by atoms with Crippen molar-refractivity contribution in [3.05, 3.63) is 47.8 Å². The van der Waals surface area contributed by atoms with Crippen molar-refractivity contribution in [3.8, 4) is 5.69 Å². The maximum Gasteiger partial charge on any atom is 0.150 e. The van der Waals surface area contributed by atoms with Crippen molar-refractivity contribution < 1.29 is 8.42 Å². The standard InChI is InChI=1S/C17H23N3O2S/c1-14-5-3-4-6-17(14)20-13-15(11-18-20)12-19(2)16-7-9-23(21,22)10-8-16/h3-6,11,13,16H,7-10,12H2,1-2H3. The third kappa shape index (κ3) is 3.82. The van der Waals surface area contributed by atoms with Crippen LogP contribution in [0.5, 0.6) is 0 Å². The quantitative estimate of drug-likeness (QED) is 0.861. The van der Waals surface area contributed by atoms with E-state index in [1.54, 1.807) is 0 Å². The van der Waals surface area contributed by atoms with Crippen LogP contribution in [-0.4, -0.2) is 47.7 Å². The highest BCUT2D eigenvalue weighted by molar-refractivity contribution is 7.91. The van der Waals surface area contributed by atoms with Crippen molar-refractivity contribution in [1.29, 1.82) is 0 Å². The normalized spacial score (nSPS) is 18.4. The molecule has 0 aliphatic carbocycles.